The summed E-state index contributed by atoms with van der Waals surface area (Å²) in [6.45, 7) is 6.35. The molecular formula is C36H47N3O4S. The Hall–Kier alpha value is -3.65. The van der Waals surface area contributed by atoms with Crippen molar-refractivity contribution in [2.75, 3.05) is 17.1 Å². The summed E-state index contributed by atoms with van der Waals surface area (Å²) in [6, 6.07) is 22.9. The number of nitrogens with one attached hydrogen (secondary N) is 1. The molecule has 0 aromatic heterocycles. The Morgan fingerprint density at radius 2 is 1.55 bits per heavy atom. The average Bonchev–Trinajstić information content (AvgIpc) is 3.00. The second-order valence-electron chi connectivity index (χ2n) is 12.2. The van der Waals surface area contributed by atoms with E-state index >= 15 is 0 Å². The second kappa shape index (κ2) is 15.4. The molecule has 236 valence electrons. The Kier molecular flexibility index (Phi) is 11.6. The van der Waals surface area contributed by atoms with Crippen molar-refractivity contribution in [1.29, 1.82) is 0 Å². The van der Waals surface area contributed by atoms with E-state index < -0.39 is 16.1 Å². The smallest absolute Gasteiger partial charge is 0.243 e. The van der Waals surface area contributed by atoms with Gasteiger partial charge in [-0.25, -0.2) is 8.42 Å². The fourth-order valence-electron chi connectivity index (χ4n) is 5.98. The molecule has 2 amide bonds. The number of carbonyl (C=O) groups excluding carboxylic acids is 2. The topological polar surface area (TPSA) is 86.8 Å². The van der Waals surface area contributed by atoms with Gasteiger partial charge in [0.1, 0.15) is 6.04 Å². The highest BCUT2D eigenvalue weighted by Crippen LogP contribution is 2.26. The normalized spacial score (nSPS) is 14.5. The number of nitrogens with zero attached hydrogens (tertiary/aromatic N) is 2. The summed E-state index contributed by atoms with van der Waals surface area (Å²) < 4.78 is 27.1. The highest BCUT2D eigenvalue weighted by molar-refractivity contribution is 7.92. The zero-order valence-corrected chi connectivity index (χ0v) is 27.4. The minimum absolute atomic E-state index is 0.116. The molecule has 3 aromatic rings. The van der Waals surface area contributed by atoms with Crippen molar-refractivity contribution in [3.8, 4) is 0 Å². The van der Waals surface area contributed by atoms with Gasteiger partial charge in [-0.3, -0.25) is 13.9 Å². The molecular weight excluding hydrogens is 570 g/mol. The number of amides is 2. The predicted molar refractivity (Wildman–Crippen MR) is 178 cm³/mol. The van der Waals surface area contributed by atoms with Crippen molar-refractivity contribution in [3.63, 3.8) is 0 Å². The van der Waals surface area contributed by atoms with Gasteiger partial charge in [0, 0.05) is 32.0 Å². The molecule has 0 heterocycles. The van der Waals surface area contributed by atoms with Crippen LogP contribution in [0.2, 0.25) is 0 Å². The molecule has 1 atom stereocenters. The predicted octanol–water partition coefficient (Wildman–Crippen LogP) is 6.25. The lowest BCUT2D eigenvalue weighted by molar-refractivity contribution is -0.141. The van der Waals surface area contributed by atoms with Gasteiger partial charge in [-0.2, -0.15) is 0 Å². The maximum absolute atomic E-state index is 14.1. The number of rotatable bonds is 13. The highest BCUT2D eigenvalue weighted by Gasteiger charge is 2.32. The highest BCUT2D eigenvalue weighted by atomic mass is 32.2. The van der Waals surface area contributed by atoms with Gasteiger partial charge in [-0.1, -0.05) is 91.6 Å². The molecule has 44 heavy (non-hydrogen) atoms. The number of aryl methyl sites for hydroxylation is 2. The van der Waals surface area contributed by atoms with Crippen molar-refractivity contribution >= 4 is 27.5 Å². The fourth-order valence-corrected chi connectivity index (χ4v) is 6.99. The van der Waals surface area contributed by atoms with Gasteiger partial charge in [0.2, 0.25) is 21.8 Å². The molecule has 1 aliphatic carbocycles. The first-order valence-electron chi connectivity index (χ1n) is 15.8. The summed E-state index contributed by atoms with van der Waals surface area (Å²) in [5.74, 6) is -0.297. The maximum atomic E-state index is 14.1. The number of carbonyl (C=O) groups is 2. The Morgan fingerprint density at radius 1 is 0.864 bits per heavy atom. The third kappa shape index (κ3) is 9.18. The van der Waals surface area contributed by atoms with E-state index in [1.54, 1.807) is 11.0 Å². The Balaban J connectivity index is 1.60. The van der Waals surface area contributed by atoms with Crippen LogP contribution in [0.5, 0.6) is 0 Å². The summed E-state index contributed by atoms with van der Waals surface area (Å²) in [6.07, 6.45) is 7.32. The zero-order chi connectivity index (χ0) is 31.7. The minimum Gasteiger partial charge on any atom is -0.352 e. The monoisotopic (exact) mass is 617 g/mol. The fraction of sp³-hybridized carbons (Fsp3) is 0.444. The lowest BCUT2D eigenvalue weighted by atomic mass is 9.94. The van der Waals surface area contributed by atoms with Crippen LogP contribution in [-0.4, -0.2) is 50.0 Å². The van der Waals surface area contributed by atoms with Crippen molar-refractivity contribution in [1.82, 2.24) is 10.2 Å². The van der Waals surface area contributed by atoms with Crippen LogP contribution >= 0.6 is 0 Å². The number of benzene rings is 3. The molecule has 1 aliphatic rings. The first-order chi connectivity index (χ1) is 21.0. The molecule has 1 fully saturated rings. The van der Waals surface area contributed by atoms with Gasteiger partial charge >= 0.3 is 0 Å². The van der Waals surface area contributed by atoms with Crippen LogP contribution in [0.25, 0.3) is 0 Å². The third-order valence-electron chi connectivity index (χ3n) is 8.69. The van der Waals surface area contributed by atoms with E-state index in [1.807, 2.05) is 87.5 Å². The van der Waals surface area contributed by atoms with Crippen LogP contribution in [0.1, 0.15) is 72.8 Å². The molecule has 4 rings (SSSR count). The van der Waals surface area contributed by atoms with Gasteiger partial charge in [0.05, 0.1) is 11.9 Å². The van der Waals surface area contributed by atoms with Crippen molar-refractivity contribution in [2.24, 2.45) is 0 Å². The first kappa shape index (κ1) is 33.2. The zero-order valence-electron chi connectivity index (χ0n) is 26.6. The SMILES string of the molecule is Cc1ccc(CN(C(=O)CCCN(c2cccc(C)c2C)S(C)(=O)=O)[C@H](Cc2ccccc2)C(=O)NC2CCCCC2)cc1. The Morgan fingerprint density at radius 3 is 2.20 bits per heavy atom. The van der Waals surface area contributed by atoms with Gasteiger partial charge in [0.15, 0.2) is 0 Å². The van der Waals surface area contributed by atoms with Gasteiger partial charge in [0.25, 0.3) is 0 Å². The van der Waals surface area contributed by atoms with Crippen LogP contribution in [0.4, 0.5) is 5.69 Å². The van der Waals surface area contributed by atoms with E-state index in [0.29, 0.717) is 25.1 Å². The van der Waals surface area contributed by atoms with Crippen LogP contribution in [0.3, 0.4) is 0 Å². The number of hydrogen-bond donors (Lipinski definition) is 1. The second-order valence-corrected chi connectivity index (χ2v) is 14.1. The van der Waals surface area contributed by atoms with Crippen LogP contribution < -0.4 is 9.62 Å². The molecule has 0 saturated heterocycles. The minimum atomic E-state index is -3.57. The van der Waals surface area contributed by atoms with E-state index in [0.717, 1.165) is 53.5 Å². The summed E-state index contributed by atoms with van der Waals surface area (Å²) in [5, 5.41) is 3.28. The van der Waals surface area contributed by atoms with Gasteiger partial charge in [-0.05, 0) is 68.4 Å². The van der Waals surface area contributed by atoms with E-state index in [4.69, 9.17) is 0 Å². The Bertz CT molecular complexity index is 1500. The standard InChI is InChI=1S/C36H47N3O4S/c1-27-20-22-31(23-21-27)26-38(34(25-30-14-7-5-8-15-30)36(41)37-32-16-9-6-10-17-32)35(40)19-12-24-39(44(4,42)43)33-18-11-13-28(2)29(33)3/h5,7-8,11,13-15,18,20-23,32,34H,6,9-10,12,16-17,19,24-26H2,1-4H3,(H,37,41)/t34-/m1/s1. The van der Waals surface area contributed by atoms with E-state index in [-0.39, 0.29) is 30.8 Å². The average molecular weight is 618 g/mol. The maximum Gasteiger partial charge on any atom is 0.243 e. The van der Waals surface area contributed by atoms with Gasteiger partial charge in [-0.15, -0.1) is 0 Å². The lowest BCUT2D eigenvalue weighted by Gasteiger charge is -2.34. The summed E-state index contributed by atoms with van der Waals surface area (Å²) in [7, 11) is -3.57. The molecule has 7 nitrogen and oxygen atoms in total. The molecule has 0 aliphatic heterocycles. The first-order valence-corrected chi connectivity index (χ1v) is 17.6. The molecule has 3 aromatic carbocycles. The molecule has 0 bridgehead atoms. The van der Waals surface area contributed by atoms with E-state index in [1.165, 1.54) is 17.0 Å². The van der Waals surface area contributed by atoms with Crippen LogP contribution in [-0.2, 0) is 32.6 Å². The largest absolute Gasteiger partial charge is 0.352 e. The molecule has 1 saturated carbocycles. The van der Waals surface area contributed by atoms with Crippen molar-refractivity contribution < 1.29 is 18.0 Å². The van der Waals surface area contributed by atoms with E-state index in [9.17, 15) is 18.0 Å². The third-order valence-corrected chi connectivity index (χ3v) is 9.87. The summed E-state index contributed by atoms with van der Waals surface area (Å²) in [4.78, 5) is 29.8. The van der Waals surface area contributed by atoms with Crippen LogP contribution in [0, 0.1) is 20.8 Å². The number of hydrogen-bond acceptors (Lipinski definition) is 4. The molecule has 0 spiro atoms. The van der Waals surface area contributed by atoms with Crippen molar-refractivity contribution in [2.45, 2.75) is 90.8 Å². The summed E-state index contributed by atoms with van der Waals surface area (Å²) >= 11 is 0. The molecule has 0 unspecified atom stereocenters. The summed E-state index contributed by atoms with van der Waals surface area (Å²) in [5.41, 5.74) is 5.58. The Labute approximate surface area is 263 Å². The molecule has 8 heteroatoms. The molecule has 0 radical (unpaired) electrons. The van der Waals surface area contributed by atoms with E-state index in [2.05, 4.69) is 5.32 Å². The quantitative estimate of drug-likeness (QED) is 0.246. The number of anilines is 1. The molecule has 1 N–H and O–H groups in total. The van der Waals surface area contributed by atoms with Gasteiger partial charge < -0.3 is 10.2 Å². The lowest BCUT2D eigenvalue weighted by Crippen LogP contribution is -2.52. The van der Waals surface area contributed by atoms with Crippen LogP contribution in [0.15, 0.2) is 72.8 Å². The van der Waals surface area contributed by atoms with Crippen molar-refractivity contribution in [3.05, 3.63) is 101 Å². The number of sulfonamides is 1.